The highest BCUT2D eigenvalue weighted by molar-refractivity contribution is 7.89. The summed E-state index contributed by atoms with van der Waals surface area (Å²) in [6.07, 6.45) is 0. The summed E-state index contributed by atoms with van der Waals surface area (Å²) in [5.41, 5.74) is 0.327. The van der Waals surface area contributed by atoms with Crippen molar-refractivity contribution < 1.29 is 22.7 Å². The number of hydrogen-bond acceptors (Lipinski definition) is 6. The van der Waals surface area contributed by atoms with Crippen LogP contribution in [0.5, 0.6) is 0 Å². The number of nitrogens with one attached hydrogen (secondary N) is 1. The SMILES string of the molecule is CCOC(=O)c1ccc(S(=O)(=O)N2CCN(C(=S)NCCOC)CC2)cc1. The van der Waals surface area contributed by atoms with Crippen molar-refractivity contribution in [3.8, 4) is 0 Å². The van der Waals surface area contributed by atoms with Crippen molar-refractivity contribution in [3.05, 3.63) is 29.8 Å². The average molecular weight is 416 g/mol. The van der Waals surface area contributed by atoms with Gasteiger partial charge in [0.05, 0.1) is 23.7 Å². The molecule has 1 fully saturated rings. The summed E-state index contributed by atoms with van der Waals surface area (Å²) in [6.45, 7) is 4.86. The molecule has 0 saturated carbocycles. The van der Waals surface area contributed by atoms with Crippen LogP contribution in [-0.4, -0.2) is 81.8 Å². The van der Waals surface area contributed by atoms with Gasteiger partial charge in [0.25, 0.3) is 0 Å². The predicted octanol–water partition coefficient (Wildman–Crippen LogP) is 0.691. The van der Waals surface area contributed by atoms with E-state index in [1.807, 2.05) is 4.90 Å². The van der Waals surface area contributed by atoms with Gasteiger partial charge in [-0.15, -0.1) is 0 Å². The molecular formula is C17H25N3O5S2. The molecule has 1 aliphatic heterocycles. The molecule has 0 radical (unpaired) electrons. The van der Waals surface area contributed by atoms with Gasteiger partial charge >= 0.3 is 5.97 Å². The smallest absolute Gasteiger partial charge is 0.338 e. The first-order valence-corrected chi connectivity index (χ1v) is 10.5. The molecule has 0 amide bonds. The number of ether oxygens (including phenoxy) is 2. The normalized spacial score (nSPS) is 15.4. The second kappa shape index (κ2) is 9.98. The topological polar surface area (TPSA) is 88.2 Å². The van der Waals surface area contributed by atoms with Crippen LogP contribution in [0.15, 0.2) is 29.2 Å². The molecule has 0 atom stereocenters. The van der Waals surface area contributed by atoms with Gasteiger partial charge in [-0.25, -0.2) is 13.2 Å². The van der Waals surface area contributed by atoms with Crippen molar-refractivity contribution in [3.63, 3.8) is 0 Å². The zero-order valence-electron chi connectivity index (χ0n) is 15.5. The highest BCUT2D eigenvalue weighted by Gasteiger charge is 2.29. The van der Waals surface area contributed by atoms with E-state index in [1.165, 1.54) is 28.6 Å². The van der Waals surface area contributed by atoms with E-state index in [-0.39, 0.29) is 11.5 Å². The van der Waals surface area contributed by atoms with Crippen molar-refractivity contribution in [2.45, 2.75) is 11.8 Å². The lowest BCUT2D eigenvalue weighted by molar-refractivity contribution is 0.0526. The second-order valence-corrected chi connectivity index (χ2v) is 8.19. The Balaban J connectivity index is 1.96. The molecule has 27 heavy (non-hydrogen) atoms. The van der Waals surface area contributed by atoms with Gasteiger partial charge in [0.15, 0.2) is 5.11 Å². The highest BCUT2D eigenvalue weighted by Crippen LogP contribution is 2.18. The first-order valence-electron chi connectivity index (χ1n) is 8.69. The Morgan fingerprint density at radius 1 is 1.19 bits per heavy atom. The highest BCUT2D eigenvalue weighted by atomic mass is 32.2. The fourth-order valence-corrected chi connectivity index (χ4v) is 4.34. The van der Waals surface area contributed by atoms with Gasteiger partial charge in [0.2, 0.25) is 10.0 Å². The quantitative estimate of drug-likeness (QED) is 0.395. The maximum atomic E-state index is 12.8. The van der Waals surface area contributed by atoms with E-state index < -0.39 is 16.0 Å². The van der Waals surface area contributed by atoms with Gasteiger partial charge in [-0.1, -0.05) is 0 Å². The molecule has 1 aliphatic rings. The van der Waals surface area contributed by atoms with Crippen LogP contribution in [0.1, 0.15) is 17.3 Å². The molecule has 1 aromatic carbocycles. The number of benzene rings is 1. The molecule has 0 aliphatic carbocycles. The molecule has 0 bridgehead atoms. The number of carbonyl (C=O) groups excluding carboxylic acids is 1. The molecule has 8 nitrogen and oxygen atoms in total. The monoisotopic (exact) mass is 415 g/mol. The van der Waals surface area contributed by atoms with Gasteiger partial charge in [-0.05, 0) is 43.4 Å². The van der Waals surface area contributed by atoms with Gasteiger partial charge in [-0.3, -0.25) is 0 Å². The summed E-state index contributed by atoms with van der Waals surface area (Å²) in [5.74, 6) is -0.468. The number of nitrogens with zero attached hydrogens (tertiary/aromatic N) is 2. The number of hydrogen-bond donors (Lipinski definition) is 1. The lowest BCUT2D eigenvalue weighted by Crippen LogP contribution is -2.53. The van der Waals surface area contributed by atoms with Crippen molar-refractivity contribution in [2.75, 3.05) is 53.0 Å². The maximum Gasteiger partial charge on any atom is 0.338 e. The Morgan fingerprint density at radius 2 is 1.81 bits per heavy atom. The van der Waals surface area contributed by atoms with E-state index in [0.717, 1.165) is 0 Å². The van der Waals surface area contributed by atoms with Crippen LogP contribution < -0.4 is 5.32 Å². The summed E-state index contributed by atoms with van der Waals surface area (Å²) in [6, 6.07) is 5.81. The number of esters is 1. The number of rotatable bonds is 7. The van der Waals surface area contributed by atoms with Crippen LogP contribution in [0.25, 0.3) is 0 Å². The van der Waals surface area contributed by atoms with E-state index in [4.69, 9.17) is 21.7 Å². The van der Waals surface area contributed by atoms with Crippen LogP contribution in [0.2, 0.25) is 0 Å². The maximum absolute atomic E-state index is 12.8. The summed E-state index contributed by atoms with van der Waals surface area (Å²) < 4.78 is 36.9. The summed E-state index contributed by atoms with van der Waals surface area (Å²) in [5, 5.41) is 3.69. The number of methoxy groups -OCH3 is 1. The van der Waals surface area contributed by atoms with Crippen LogP contribution >= 0.6 is 12.2 Å². The Kier molecular flexibility index (Phi) is 7.96. The minimum absolute atomic E-state index is 0.157. The van der Waals surface area contributed by atoms with E-state index >= 15 is 0 Å². The van der Waals surface area contributed by atoms with Crippen molar-refractivity contribution in [1.29, 1.82) is 0 Å². The number of thiocarbonyl (C=S) groups is 1. The minimum Gasteiger partial charge on any atom is -0.462 e. The molecule has 1 saturated heterocycles. The molecular weight excluding hydrogens is 390 g/mol. The third kappa shape index (κ3) is 5.61. The number of carbonyl (C=O) groups is 1. The summed E-state index contributed by atoms with van der Waals surface area (Å²) >= 11 is 5.32. The summed E-state index contributed by atoms with van der Waals surface area (Å²) in [7, 11) is -2.00. The van der Waals surface area contributed by atoms with E-state index in [2.05, 4.69) is 5.32 Å². The van der Waals surface area contributed by atoms with Crippen LogP contribution in [0.4, 0.5) is 0 Å². The molecule has 10 heteroatoms. The lowest BCUT2D eigenvalue weighted by atomic mass is 10.2. The van der Waals surface area contributed by atoms with Gasteiger partial charge in [0.1, 0.15) is 0 Å². The Morgan fingerprint density at radius 3 is 2.37 bits per heavy atom. The molecule has 0 spiro atoms. The van der Waals surface area contributed by atoms with E-state index in [9.17, 15) is 13.2 Å². The molecule has 150 valence electrons. The molecule has 1 aromatic rings. The zero-order valence-corrected chi connectivity index (χ0v) is 17.1. The van der Waals surface area contributed by atoms with Crippen molar-refractivity contribution in [2.24, 2.45) is 0 Å². The predicted molar refractivity (Wildman–Crippen MR) is 105 cm³/mol. The molecule has 0 unspecified atom stereocenters. The number of sulfonamides is 1. The van der Waals surface area contributed by atoms with Crippen LogP contribution in [0.3, 0.4) is 0 Å². The fourth-order valence-electron chi connectivity index (χ4n) is 2.63. The second-order valence-electron chi connectivity index (χ2n) is 5.86. The van der Waals surface area contributed by atoms with Gasteiger partial charge in [-0.2, -0.15) is 4.31 Å². The minimum atomic E-state index is -3.62. The molecule has 1 N–H and O–H groups in total. The summed E-state index contributed by atoms with van der Waals surface area (Å²) in [4.78, 5) is 13.8. The van der Waals surface area contributed by atoms with E-state index in [0.29, 0.717) is 50.0 Å². The van der Waals surface area contributed by atoms with E-state index in [1.54, 1.807) is 14.0 Å². The molecule has 0 aromatic heterocycles. The first kappa shape index (κ1) is 21.5. The third-order valence-electron chi connectivity index (χ3n) is 4.11. The van der Waals surface area contributed by atoms with Crippen molar-refractivity contribution in [1.82, 2.24) is 14.5 Å². The molecule has 1 heterocycles. The first-order chi connectivity index (χ1) is 12.9. The van der Waals surface area contributed by atoms with Gasteiger partial charge < -0.3 is 19.7 Å². The lowest BCUT2D eigenvalue weighted by Gasteiger charge is -2.35. The molecule has 2 rings (SSSR count). The Labute approximate surface area is 165 Å². The zero-order chi connectivity index (χ0) is 19.9. The Hall–Kier alpha value is -1.75. The van der Waals surface area contributed by atoms with Crippen LogP contribution in [0, 0.1) is 0 Å². The largest absolute Gasteiger partial charge is 0.462 e. The van der Waals surface area contributed by atoms with Crippen LogP contribution in [-0.2, 0) is 19.5 Å². The van der Waals surface area contributed by atoms with Gasteiger partial charge in [0, 0.05) is 39.8 Å². The average Bonchev–Trinajstić information content (AvgIpc) is 2.68. The Bertz CT molecular complexity index is 744. The number of piperazine rings is 1. The standard InChI is InChI=1S/C17H25N3O5S2/c1-3-25-16(21)14-4-6-15(7-5-14)27(22,23)20-11-9-19(10-12-20)17(26)18-8-13-24-2/h4-7H,3,8-13H2,1-2H3,(H,18,26). The van der Waals surface area contributed by atoms with Crippen molar-refractivity contribution >= 4 is 33.3 Å². The third-order valence-corrected chi connectivity index (χ3v) is 6.43. The fraction of sp³-hybridized carbons (Fsp3) is 0.529.